The Hall–Kier alpha value is -2.62. The molecule has 192 valence electrons. The van der Waals surface area contributed by atoms with Crippen molar-refractivity contribution in [3.63, 3.8) is 0 Å². The van der Waals surface area contributed by atoms with E-state index in [2.05, 4.69) is 38.2 Å². The van der Waals surface area contributed by atoms with Crippen molar-refractivity contribution in [1.29, 1.82) is 0 Å². The summed E-state index contributed by atoms with van der Waals surface area (Å²) in [5.74, 6) is -0.226. The normalized spacial score (nSPS) is 32.6. The van der Waals surface area contributed by atoms with Gasteiger partial charge < -0.3 is 10.2 Å². The Morgan fingerprint density at radius 2 is 1.97 bits per heavy atom. The van der Waals surface area contributed by atoms with Crippen LogP contribution in [-0.4, -0.2) is 58.6 Å². The Morgan fingerprint density at radius 3 is 2.81 bits per heavy atom. The molecule has 1 aromatic carbocycles. The summed E-state index contributed by atoms with van der Waals surface area (Å²) in [7, 11) is 0. The van der Waals surface area contributed by atoms with Crippen molar-refractivity contribution in [2.45, 2.75) is 63.3 Å². The van der Waals surface area contributed by atoms with E-state index >= 15 is 0 Å². The third-order valence-electron chi connectivity index (χ3n) is 8.63. The molecule has 4 aliphatic rings. The zero-order valence-electron chi connectivity index (χ0n) is 20.6. The number of urea groups is 1. The average Bonchev–Trinajstić information content (AvgIpc) is 3.27. The van der Waals surface area contributed by atoms with Gasteiger partial charge in [0.05, 0.1) is 6.04 Å². The summed E-state index contributed by atoms with van der Waals surface area (Å²) in [5, 5.41) is 3.31. The van der Waals surface area contributed by atoms with Gasteiger partial charge in [0.1, 0.15) is 11.6 Å². The van der Waals surface area contributed by atoms with Gasteiger partial charge in [-0.25, -0.2) is 19.0 Å². The van der Waals surface area contributed by atoms with E-state index in [1.807, 2.05) is 18.0 Å². The molecule has 6 rings (SSSR count). The smallest absolute Gasteiger partial charge is 0.317 e. The van der Waals surface area contributed by atoms with Crippen molar-refractivity contribution < 1.29 is 13.6 Å². The maximum Gasteiger partial charge on any atom is 0.317 e. The number of halogens is 2. The predicted molar refractivity (Wildman–Crippen MR) is 132 cm³/mol. The highest BCUT2D eigenvalue weighted by Crippen LogP contribution is 2.42. The SMILES string of the molecule is Cc1cc(C2NNC3CC4NC(=O)N([C@@H]5CCCN(Cc6ccc(F)cc6F)C5)CC4CC32)ccn1. The molecule has 7 nitrogen and oxygen atoms in total. The second-order valence-electron chi connectivity index (χ2n) is 11.0. The molecule has 36 heavy (non-hydrogen) atoms. The maximum absolute atomic E-state index is 14.2. The lowest BCUT2D eigenvalue weighted by Gasteiger charge is -2.49. The Labute approximate surface area is 210 Å². The van der Waals surface area contributed by atoms with Gasteiger partial charge in [-0.3, -0.25) is 15.3 Å². The molecule has 2 amide bonds. The molecule has 4 fully saturated rings. The van der Waals surface area contributed by atoms with Gasteiger partial charge in [-0.1, -0.05) is 6.07 Å². The van der Waals surface area contributed by atoms with Crippen LogP contribution in [0.1, 0.15) is 48.5 Å². The van der Waals surface area contributed by atoms with Crippen LogP contribution in [0.25, 0.3) is 0 Å². The molecular formula is C27H34F2N6O. The molecule has 6 atom stereocenters. The number of likely N-dealkylation sites (tertiary alicyclic amines) is 1. The number of hydrogen-bond donors (Lipinski definition) is 3. The van der Waals surface area contributed by atoms with Gasteiger partial charge in [-0.05, 0) is 74.8 Å². The molecule has 3 aliphatic heterocycles. The van der Waals surface area contributed by atoms with Crippen molar-refractivity contribution >= 4 is 6.03 Å². The lowest BCUT2D eigenvalue weighted by Crippen LogP contribution is -2.64. The molecule has 1 aliphatic carbocycles. The number of carbonyl (C=O) groups is 1. The first-order valence-electron chi connectivity index (χ1n) is 13.1. The van der Waals surface area contributed by atoms with E-state index in [0.29, 0.717) is 36.5 Å². The molecule has 3 N–H and O–H groups in total. The van der Waals surface area contributed by atoms with Crippen LogP contribution in [0.3, 0.4) is 0 Å². The fourth-order valence-corrected chi connectivity index (χ4v) is 6.84. The first kappa shape index (κ1) is 23.8. The molecule has 3 saturated heterocycles. The number of aryl methyl sites for hydroxylation is 1. The van der Waals surface area contributed by atoms with Crippen molar-refractivity contribution in [3.05, 3.63) is 65.0 Å². The van der Waals surface area contributed by atoms with E-state index in [1.54, 1.807) is 0 Å². The van der Waals surface area contributed by atoms with E-state index in [1.165, 1.54) is 17.7 Å². The van der Waals surface area contributed by atoms with E-state index < -0.39 is 11.6 Å². The first-order chi connectivity index (χ1) is 17.4. The highest BCUT2D eigenvalue weighted by Gasteiger charge is 2.48. The molecule has 0 bridgehead atoms. The second-order valence-corrected chi connectivity index (χ2v) is 11.0. The Morgan fingerprint density at radius 1 is 1.08 bits per heavy atom. The van der Waals surface area contributed by atoms with Crippen LogP contribution in [0.4, 0.5) is 13.6 Å². The van der Waals surface area contributed by atoms with Crippen LogP contribution in [-0.2, 0) is 6.54 Å². The van der Waals surface area contributed by atoms with Crippen LogP contribution < -0.4 is 16.2 Å². The second kappa shape index (κ2) is 9.68. The van der Waals surface area contributed by atoms with Crippen LogP contribution in [0.5, 0.6) is 0 Å². The van der Waals surface area contributed by atoms with E-state index in [-0.39, 0.29) is 24.2 Å². The summed E-state index contributed by atoms with van der Waals surface area (Å²) < 4.78 is 27.5. The summed E-state index contributed by atoms with van der Waals surface area (Å²) in [6.45, 7) is 4.76. The number of rotatable bonds is 4. The van der Waals surface area contributed by atoms with Crippen molar-refractivity contribution in [1.82, 2.24) is 31.0 Å². The topological polar surface area (TPSA) is 72.5 Å². The molecule has 0 spiro atoms. The standard InChI is InChI=1S/C27H34F2N6O/c1-16-9-17(6-7-30-16)26-22-10-19-14-35(27(36)31-24(19)12-25(22)32-33-26)21-3-2-8-34(15-21)13-18-4-5-20(28)11-23(18)29/h4-7,9,11,19,21-22,24-26,32-33H,2-3,8,10,12-15H2,1H3,(H,31,36)/t19?,21-,22?,24?,25?,26?/m1/s1. The number of benzene rings is 1. The highest BCUT2D eigenvalue weighted by atomic mass is 19.1. The summed E-state index contributed by atoms with van der Waals surface area (Å²) in [6, 6.07) is 8.87. The monoisotopic (exact) mass is 496 g/mol. The number of nitrogens with zero attached hydrogens (tertiary/aromatic N) is 3. The maximum atomic E-state index is 14.2. The third kappa shape index (κ3) is 4.60. The highest BCUT2D eigenvalue weighted by molar-refractivity contribution is 5.76. The fourth-order valence-electron chi connectivity index (χ4n) is 6.84. The number of fused-ring (bicyclic) bond motifs is 2. The van der Waals surface area contributed by atoms with Crippen molar-refractivity contribution in [3.8, 4) is 0 Å². The van der Waals surface area contributed by atoms with E-state index in [9.17, 15) is 13.6 Å². The van der Waals surface area contributed by atoms with Gasteiger partial charge in [0.2, 0.25) is 0 Å². The lowest BCUT2D eigenvalue weighted by molar-refractivity contribution is 0.0521. The molecular weight excluding hydrogens is 462 g/mol. The largest absolute Gasteiger partial charge is 0.335 e. The van der Waals surface area contributed by atoms with Crippen LogP contribution in [0, 0.1) is 30.4 Å². The zero-order chi connectivity index (χ0) is 24.8. The molecule has 2 aromatic rings. The lowest BCUT2D eigenvalue weighted by atomic mass is 9.71. The van der Waals surface area contributed by atoms with Crippen molar-refractivity contribution in [2.75, 3.05) is 19.6 Å². The summed E-state index contributed by atoms with van der Waals surface area (Å²) in [6.07, 6.45) is 5.73. The summed E-state index contributed by atoms with van der Waals surface area (Å²) >= 11 is 0. The van der Waals surface area contributed by atoms with E-state index in [4.69, 9.17) is 0 Å². The van der Waals surface area contributed by atoms with Crippen LogP contribution >= 0.6 is 0 Å². The number of nitrogens with one attached hydrogen (secondary N) is 3. The molecule has 0 radical (unpaired) electrons. The number of piperidine rings is 1. The minimum absolute atomic E-state index is 0.0155. The van der Waals surface area contributed by atoms with Gasteiger partial charge in [0, 0.05) is 61.3 Å². The molecule has 1 saturated carbocycles. The molecule has 4 heterocycles. The van der Waals surface area contributed by atoms with Gasteiger partial charge >= 0.3 is 6.03 Å². The Kier molecular flexibility index (Phi) is 6.39. The minimum atomic E-state index is -0.559. The average molecular weight is 497 g/mol. The number of hydrogen-bond acceptors (Lipinski definition) is 5. The number of aromatic nitrogens is 1. The van der Waals surface area contributed by atoms with Gasteiger partial charge in [-0.2, -0.15) is 0 Å². The number of pyridine rings is 1. The minimum Gasteiger partial charge on any atom is -0.335 e. The van der Waals surface area contributed by atoms with Gasteiger partial charge in [0.15, 0.2) is 0 Å². The summed E-state index contributed by atoms with van der Waals surface area (Å²) in [5.41, 5.74) is 9.77. The van der Waals surface area contributed by atoms with Gasteiger partial charge in [0.25, 0.3) is 0 Å². The Balaban J connectivity index is 1.13. The number of amides is 2. The quantitative estimate of drug-likeness (QED) is 0.606. The third-order valence-corrected chi connectivity index (χ3v) is 8.63. The summed E-state index contributed by atoms with van der Waals surface area (Å²) in [4.78, 5) is 21.7. The number of hydrazine groups is 1. The molecule has 5 unspecified atom stereocenters. The molecule has 1 aromatic heterocycles. The van der Waals surface area contributed by atoms with Crippen molar-refractivity contribution in [2.24, 2.45) is 11.8 Å². The first-order valence-corrected chi connectivity index (χ1v) is 13.1. The Bertz CT molecular complexity index is 1130. The van der Waals surface area contributed by atoms with E-state index in [0.717, 1.165) is 50.5 Å². The molecule has 9 heteroatoms. The van der Waals surface area contributed by atoms with Crippen LogP contribution in [0.2, 0.25) is 0 Å². The van der Waals surface area contributed by atoms with Crippen LogP contribution in [0.15, 0.2) is 36.5 Å². The van der Waals surface area contributed by atoms with Gasteiger partial charge in [-0.15, -0.1) is 0 Å². The zero-order valence-corrected chi connectivity index (χ0v) is 20.6. The number of carbonyl (C=O) groups excluding carboxylic acids is 1. The predicted octanol–water partition coefficient (Wildman–Crippen LogP) is 3.27. The fraction of sp³-hybridized carbons (Fsp3) is 0.556.